The molecule has 0 amide bonds. The summed E-state index contributed by atoms with van der Waals surface area (Å²) in [5, 5.41) is 0. The monoisotopic (exact) mass is 403 g/mol. The Balaban J connectivity index is 1.81. The maximum atomic E-state index is 12.3. The van der Waals surface area contributed by atoms with E-state index < -0.39 is 6.36 Å². The summed E-state index contributed by atoms with van der Waals surface area (Å²) in [5.41, 5.74) is 8.00. The molecule has 0 radical (unpaired) electrons. The topological polar surface area (TPSA) is 53.7 Å². The van der Waals surface area contributed by atoms with Crippen molar-refractivity contribution in [2.45, 2.75) is 13.0 Å². The summed E-state index contributed by atoms with van der Waals surface area (Å²) >= 11 is 0. The van der Waals surface area contributed by atoms with E-state index in [-0.39, 0.29) is 5.75 Å². The Morgan fingerprint density at radius 2 is 1.45 bits per heavy atom. The Morgan fingerprint density at radius 1 is 0.759 bits per heavy atom. The molecule has 4 nitrogen and oxygen atoms in total. The highest BCUT2D eigenvalue weighted by atomic mass is 19.4. The van der Waals surface area contributed by atoms with Crippen LogP contribution in [0.2, 0.25) is 0 Å². The molecule has 0 aromatic heterocycles. The normalized spacial score (nSPS) is 11.2. The highest BCUT2D eigenvalue weighted by molar-refractivity contribution is 5.67. The van der Waals surface area contributed by atoms with Crippen LogP contribution in [0.3, 0.4) is 0 Å². The van der Waals surface area contributed by atoms with Gasteiger partial charge in [-0.3, -0.25) is 0 Å². The molecule has 0 unspecified atom stereocenters. The van der Waals surface area contributed by atoms with E-state index in [1.54, 1.807) is 30.3 Å². The number of benzene rings is 3. The first-order valence-electron chi connectivity index (χ1n) is 8.94. The van der Waals surface area contributed by atoms with E-state index in [1.807, 2.05) is 30.3 Å². The predicted molar refractivity (Wildman–Crippen MR) is 104 cm³/mol. The molecule has 0 aliphatic heterocycles. The fourth-order valence-corrected chi connectivity index (χ4v) is 2.67. The lowest BCUT2D eigenvalue weighted by Crippen LogP contribution is -2.16. The molecule has 3 aromatic carbocycles. The highest BCUT2D eigenvalue weighted by Gasteiger charge is 2.30. The number of halogens is 3. The standard InChI is InChI=1S/C22H20F3NO3/c23-22(24,25)29-19-9-6-17(7-10-19)18-8-11-20(27-13-12-26)21(14-18)28-15-16-4-2-1-3-5-16/h1-11,14H,12-13,15,26H2. The molecule has 0 bridgehead atoms. The quantitative estimate of drug-likeness (QED) is 0.564. The van der Waals surface area contributed by atoms with Gasteiger partial charge in [-0.1, -0.05) is 48.5 Å². The largest absolute Gasteiger partial charge is 0.573 e. The lowest BCUT2D eigenvalue weighted by Gasteiger charge is -2.15. The lowest BCUT2D eigenvalue weighted by molar-refractivity contribution is -0.274. The minimum Gasteiger partial charge on any atom is -0.488 e. The second-order valence-electron chi connectivity index (χ2n) is 6.15. The third kappa shape index (κ3) is 6.15. The number of alkyl halides is 3. The average Bonchev–Trinajstić information content (AvgIpc) is 2.71. The van der Waals surface area contributed by atoms with Gasteiger partial charge in [-0.2, -0.15) is 0 Å². The molecule has 7 heteroatoms. The Hall–Kier alpha value is -3.19. The fraction of sp³-hybridized carbons (Fsp3) is 0.182. The number of hydrogen-bond donors (Lipinski definition) is 1. The fourth-order valence-electron chi connectivity index (χ4n) is 2.67. The van der Waals surface area contributed by atoms with Crippen molar-refractivity contribution in [3.63, 3.8) is 0 Å². The lowest BCUT2D eigenvalue weighted by atomic mass is 10.0. The van der Waals surface area contributed by atoms with E-state index in [2.05, 4.69) is 4.74 Å². The molecule has 0 saturated heterocycles. The van der Waals surface area contributed by atoms with Crippen LogP contribution in [0.25, 0.3) is 11.1 Å². The van der Waals surface area contributed by atoms with Gasteiger partial charge in [-0.25, -0.2) is 0 Å². The van der Waals surface area contributed by atoms with Crippen LogP contribution in [0.1, 0.15) is 5.56 Å². The van der Waals surface area contributed by atoms with Gasteiger partial charge in [0.1, 0.15) is 19.0 Å². The zero-order valence-electron chi connectivity index (χ0n) is 15.5. The van der Waals surface area contributed by atoms with Crippen LogP contribution in [-0.4, -0.2) is 19.5 Å². The zero-order chi connectivity index (χ0) is 20.7. The second-order valence-corrected chi connectivity index (χ2v) is 6.15. The Labute approximate surface area is 166 Å². The van der Waals surface area contributed by atoms with Crippen molar-refractivity contribution in [2.75, 3.05) is 13.2 Å². The molecule has 0 aliphatic carbocycles. The maximum Gasteiger partial charge on any atom is 0.573 e. The van der Waals surface area contributed by atoms with Crippen LogP contribution in [0.4, 0.5) is 13.2 Å². The molecule has 0 spiro atoms. The van der Waals surface area contributed by atoms with Crippen molar-refractivity contribution in [1.82, 2.24) is 0 Å². The van der Waals surface area contributed by atoms with Gasteiger partial charge in [0.05, 0.1) is 0 Å². The van der Waals surface area contributed by atoms with E-state index >= 15 is 0 Å². The molecular formula is C22H20F3NO3. The first kappa shape index (κ1) is 20.5. The highest BCUT2D eigenvalue weighted by Crippen LogP contribution is 2.34. The van der Waals surface area contributed by atoms with E-state index in [0.717, 1.165) is 16.7 Å². The summed E-state index contributed by atoms with van der Waals surface area (Å²) in [4.78, 5) is 0. The van der Waals surface area contributed by atoms with Crippen molar-refractivity contribution >= 4 is 0 Å². The van der Waals surface area contributed by atoms with Gasteiger partial charge in [-0.15, -0.1) is 13.2 Å². The summed E-state index contributed by atoms with van der Waals surface area (Å²) in [7, 11) is 0. The molecule has 2 N–H and O–H groups in total. The van der Waals surface area contributed by atoms with Crippen LogP contribution in [-0.2, 0) is 6.61 Å². The third-order valence-corrected chi connectivity index (χ3v) is 3.98. The van der Waals surface area contributed by atoms with Crippen LogP contribution in [0.5, 0.6) is 17.2 Å². The molecule has 0 heterocycles. The predicted octanol–water partition coefficient (Wildman–Crippen LogP) is 5.17. The molecule has 29 heavy (non-hydrogen) atoms. The Bertz CT molecular complexity index is 913. The molecule has 3 rings (SSSR count). The summed E-state index contributed by atoms with van der Waals surface area (Å²) in [6.07, 6.45) is -4.72. The zero-order valence-corrected chi connectivity index (χ0v) is 15.5. The van der Waals surface area contributed by atoms with E-state index in [1.165, 1.54) is 12.1 Å². The van der Waals surface area contributed by atoms with Gasteiger partial charge in [0, 0.05) is 6.54 Å². The number of nitrogens with two attached hydrogens (primary N) is 1. The molecule has 0 atom stereocenters. The van der Waals surface area contributed by atoms with E-state index in [0.29, 0.717) is 31.3 Å². The third-order valence-electron chi connectivity index (χ3n) is 3.98. The molecular weight excluding hydrogens is 383 g/mol. The van der Waals surface area contributed by atoms with Gasteiger partial charge in [0.2, 0.25) is 0 Å². The van der Waals surface area contributed by atoms with Crippen molar-refractivity contribution in [1.29, 1.82) is 0 Å². The van der Waals surface area contributed by atoms with Crippen molar-refractivity contribution in [3.05, 3.63) is 78.4 Å². The first-order chi connectivity index (χ1) is 13.9. The number of hydrogen-bond acceptors (Lipinski definition) is 4. The van der Waals surface area contributed by atoms with Crippen molar-refractivity contribution < 1.29 is 27.4 Å². The first-order valence-corrected chi connectivity index (χ1v) is 8.94. The summed E-state index contributed by atoms with van der Waals surface area (Å²) in [5.74, 6) is 0.798. The Kier molecular flexibility index (Phi) is 6.61. The van der Waals surface area contributed by atoms with Crippen molar-refractivity contribution in [3.8, 4) is 28.4 Å². The molecule has 0 fully saturated rings. The number of rotatable bonds is 8. The maximum absolute atomic E-state index is 12.3. The number of ether oxygens (including phenoxy) is 3. The molecule has 0 aliphatic rings. The summed E-state index contributed by atoms with van der Waals surface area (Å²) < 4.78 is 52.5. The smallest absolute Gasteiger partial charge is 0.488 e. The minimum absolute atomic E-state index is 0.273. The van der Waals surface area contributed by atoms with E-state index in [4.69, 9.17) is 15.2 Å². The second kappa shape index (κ2) is 9.34. The van der Waals surface area contributed by atoms with Gasteiger partial charge in [0.25, 0.3) is 0 Å². The van der Waals surface area contributed by atoms with Crippen LogP contribution in [0.15, 0.2) is 72.8 Å². The molecule has 152 valence electrons. The average molecular weight is 403 g/mol. The summed E-state index contributed by atoms with van der Waals surface area (Å²) in [6, 6.07) is 20.7. The Morgan fingerprint density at radius 3 is 2.10 bits per heavy atom. The van der Waals surface area contributed by atoms with E-state index in [9.17, 15) is 13.2 Å². The van der Waals surface area contributed by atoms with Gasteiger partial charge >= 0.3 is 6.36 Å². The summed E-state index contributed by atoms with van der Waals surface area (Å²) in [6.45, 7) is 1.05. The molecule has 0 saturated carbocycles. The van der Waals surface area contributed by atoms with Gasteiger partial charge in [0.15, 0.2) is 11.5 Å². The molecule has 3 aromatic rings. The van der Waals surface area contributed by atoms with Crippen LogP contribution < -0.4 is 19.9 Å². The SMILES string of the molecule is NCCOc1ccc(-c2ccc(OC(F)(F)F)cc2)cc1OCc1ccccc1. The minimum atomic E-state index is -4.72. The van der Waals surface area contributed by atoms with Crippen LogP contribution in [0, 0.1) is 0 Å². The van der Waals surface area contributed by atoms with Gasteiger partial charge in [-0.05, 0) is 41.0 Å². The van der Waals surface area contributed by atoms with Crippen molar-refractivity contribution in [2.24, 2.45) is 5.73 Å². The van der Waals surface area contributed by atoms with Gasteiger partial charge < -0.3 is 19.9 Å². The van der Waals surface area contributed by atoms with Crippen LogP contribution >= 0.6 is 0 Å².